The molecule has 0 bridgehead atoms. The lowest BCUT2D eigenvalue weighted by molar-refractivity contribution is -0.135. The third-order valence-electron chi connectivity index (χ3n) is 4.20. The molecule has 8 heteroatoms. The Labute approximate surface area is 166 Å². The Bertz CT molecular complexity index is 999. The van der Waals surface area contributed by atoms with E-state index in [1.807, 2.05) is 0 Å². The van der Waals surface area contributed by atoms with Gasteiger partial charge in [0.05, 0.1) is 18.4 Å². The highest BCUT2D eigenvalue weighted by Crippen LogP contribution is 2.34. The number of nitrogens with one attached hydrogen (secondary N) is 2. The van der Waals surface area contributed by atoms with Crippen LogP contribution < -0.4 is 15.4 Å². The predicted octanol–water partition coefficient (Wildman–Crippen LogP) is 3.13. The van der Waals surface area contributed by atoms with E-state index in [1.165, 1.54) is 21.1 Å². The summed E-state index contributed by atoms with van der Waals surface area (Å²) in [6.07, 6.45) is 0. The van der Waals surface area contributed by atoms with Gasteiger partial charge < -0.3 is 15.4 Å². The molecule has 0 fully saturated rings. The van der Waals surface area contributed by atoms with E-state index in [4.69, 9.17) is 16.3 Å². The topological polar surface area (TPSA) is 87.7 Å². The minimum atomic E-state index is -0.465. The molecule has 2 aromatic rings. The molecule has 2 aromatic carbocycles. The van der Waals surface area contributed by atoms with Gasteiger partial charge in [-0.1, -0.05) is 23.7 Å². The minimum Gasteiger partial charge on any atom is -0.495 e. The van der Waals surface area contributed by atoms with Crippen molar-refractivity contribution in [3.63, 3.8) is 0 Å². The molecule has 1 aliphatic rings. The lowest BCUT2D eigenvalue weighted by Crippen LogP contribution is -2.28. The zero-order valence-electron chi connectivity index (χ0n) is 15.5. The average Bonchev–Trinajstić information content (AvgIpc) is 2.86. The van der Waals surface area contributed by atoms with Crippen LogP contribution in [0.3, 0.4) is 0 Å². The zero-order valence-corrected chi connectivity index (χ0v) is 16.3. The van der Waals surface area contributed by atoms with Crippen molar-refractivity contribution in [2.45, 2.75) is 6.92 Å². The summed E-state index contributed by atoms with van der Waals surface area (Å²) >= 11 is 6.06. The van der Waals surface area contributed by atoms with Gasteiger partial charge in [-0.2, -0.15) is 0 Å². The Hall–Kier alpha value is -3.32. The Morgan fingerprint density at radius 3 is 2.36 bits per heavy atom. The zero-order chi connectivity index (χ0) is 20.4. The molecule has 0 spiro atoms. The van der Waals surface area contributed by atoms with E-state index in [0.717, 1.165) is 4.90 Å². The minimum absolute atomic E-state index is 0.125. The van der Waals surface area contributed by atoms with E-state index >= 15 is 0 Å². The number of halogens is 1. The summed E-state index contributed by atoms with van der Waals surface area (Å²) in [6.45, 7) is 1.41. The number of carbonyl (C=O) groups excluding carboxylic acids is 3. The van der Waals surface area contributed by atoms with Crippen LogP contribution in [0, 0.1) is 0 Å². The van der Waals surface area contributed by atoms with Crippen molar-refractivity contribution in [2.75, 3.05) is 24.8 Å². The molecule has 2 N–H and O–H groups in total. The second-order valence-electron chi connectivity index (χ2n) is 6.15. The van der Waals surface area contributed by atoms with Crippen molar-refractivity contribution in [1.29, 1.82) is 0 Å². The number of benzene rings is 2. The first-order valence-corrected chi connectivity index (χ1v) is 8.75. The summed E-state index contributed by atoms with van der Waals surface area (Å²) in [5.41, 5.74) is 1.95. The smallest absolute Gasteiger partial charge is 0.277 e. The summed E-state index contributed by atoms with van der Waals surface area (Å²) in [5.74, 6) is -0.616. The Balaban J connectivity index is 2.05. The van der Waals surface area contributed by atoms with E-state index in [9.17, 15) is 14.4 Å². The van der Waals surface area contributed by atoms with Crippen LogP contribution >= 0.6 is 11.6 Å². The molecule has 3 amide bonds. The van der Waals surface area contributed by atoms with Crippen molar-refractivity contribution in [3.05, 3.63) is 58.7 Å². The fourth-order valence-electron chi connectivity index (χ4n) is 2.86. The molecule has 0 aromatic heterocycles. The van der Waals surface area contributed by atoms with Crippen LogP contribution in [0.2, 0.25) is 5.02 Å². The number of hydrogen-bond donors (Lipinski definition) is 2. The molecular formula is C20H18ClN3O4. The number of likely N-dealkylation sites (N-methyl/N-ethyl adjacent to an activating group) is 1. The van der Waals surface area contributed by atoms with Gasteiger partial charge in [0.25, 0.3) is 11.8 Å². The third-order valence-corrected chi connectivity index (χ3v) is 4.44. The molecule has 0 saturated heterocycles. The fraction of sp³-hybridized carbons (Fsp3) is 0.150. The van der Waals surface area contributed by atoms with Crippen LogP contribution in [0.15, 0.2) is 48.2 Å². The van der Waals surface area contributed by atoms with Gasteiger partial charge in [0.15, 0.2) is 0 Å². The van der Waals surface area contributed by atoms with Gasteiger partial charge in [-0.25, -0.2) is 0 Å². The van der Waals surface area contributed by atoms with Crippen LogP contribution in [-0.2, 0) is 14.4 Å². The van der Waals surface area contributed by atoms with Crippen LogP contribution in [0.5, 0.6) is 5.75 Å². The van der Waals surface area contributed by atoms with E-state index in [2.05, 4.69) is 10.6 Å². The van der Waals surface area contributed by atoms with Crippen molar-refractivity contribution >= 4 is 46.3 Å². The molecule has 3 rings (SSSR count). The lowest BCUT2D eigenvalue weighted by atomic mass is 10.0. The van der Waals surface area contributed by atoms with Crippen LogP contribution in [0.1, 0.15) is 12.5 Å². The van der Waals surface area contributed by atoms with Gasteiger partial charge in [-0.3, -0.25) is 19.3 Å². The maximum atomic E-state index is 12.7. The number of nitrogens with zero attached hydrogens (tertiary/aromatic N) is 1. The monoisotopic (exact) mass is 399 g/mol. The molecule has 7 nitrogen and oxygen atoms in total. The number of carbonyl (C=O) groups is 3. The lowest BCUT2D eigenvalue weighted by Gasteiger charge is -2.13. The number of anilines is 2. The highest BCUT2D eigenvalue weighted by Gasteiger charge is 2.37. The van der Waals surface area contributed by atoms with Crippen molar-refractivity contribution in [1.82, 2.24) is 4.90 Å². The molecule has 1 aliphatic heterocycles. The largest absolute Gasteiger partial charge is 0.495 e. The maximum Gasteiger partial charge on any atom is 0.277 e. The molecule has 0 atom stereocenters. The van der Waals surface area contributed by atoms with E-state index < -0.39 is 11.8 Å². The maximum absolute atomic E-state index is 12.7. The first-order chi connectivity index (χ1) is 13.3. The molecule has 1 heterocycles. The first-order valence-electron chi connectivity index (χ1n) is 8.37. The molecule has 0 radical (unpaired) electrons. The third kappa shape index (κ3) is 3.70. The number of hydrogen-bond acceptors (Lipinski definition) is 5. The molecule has 28 heavy (non-hydrogen) atoms. The normalized spacial score (nSPS) is 13.8. The van der Waals surface area contributed by atoms with Crippen molar-refractivity contribution in [2.24, 2.45) is 0 Å². The van der Waals surface area contributed by atoms with Crippen LogP contribution in [-0.4, -0.2) is 36.8 Å². The quantitative estimate of drug-likeness (QED) is 0.754. The van der Waals surface area contributed by atoms with Crippen molar-refractivity contribution < 1.29 is 19.1 Å². The first kappa shape index (κ1) is 19.4. The summed E-state index contributed by atoms with van der Waals surface area (Å²) in [7, 11) is 2.92. The average molecular weight is 400 g/mol. The summed E-state index contributed by atoms with van der Waals surface area (Å²) in [4.78, 5) is 37.6. The SMILES string of the molecule is COc1ccc(Cl)cc1NC1=C(c2ccc(NC(C)=O)cc2)C(=O)N(C)C1=O. The molecule has 144 valence electrons. The standard InChI is InChI=1S/C20H18ClN3O4/c1-11(25)22-14-7-4-12(5-8-14)17-18(20(27)24(2)19(17)26)23-15-10-13(21)6-9-16(15)28-3/h4-10,23H,1-3H3,(H,22,25). The number of rotatable bonds is 5. The molecule has 0 aliphatic carbocycles. The molecular weight excluding hydrogens is 382 g/mol. The number of amides is 3. The van der Waals surface area contributed by atoms with E-state index in [-0.39, 0.29) is 17.2 Å². The second kappa shape index (κ2) is 7.74. The van der Waals surface area contributed by atoms with Gasteiger partial charge >= 0.3 is 0 Å². The summed E-state index contributed by atoms with van der Waals surface area (Å²) in [5, 5.41) is 6.11. The molecule has 0 unspecified atom stereocenters. The summed E-state index contributed by atoms with van der Waals surface area (Å²) in [6, 6.07) is 11.6. The van der Waals surface area contributed by atoms with Gasteiger partial charge in [-0.15, -0.1) is 0 Å². The van der Waals surface area contributed by atoms with Gasteiger partial charge in [0.2, 0.25) is 5.91 Å². The Morgan fingerprint density at radius 2 is 1.75 bits per heavy atom. The van der Waals surface area contributed by atoms with Gasteiger partial charge in [0, 0.05) is 24.7 Å². The predicted molar refractivity (Wildman–Crippen MR) is 107 cm³/mol. The van der Waals surface area contributed by atoms with E-state index in [0.29, 0.717) is 27.7 Å². The number of imide groups is 1. The fourth-order valence-corrected chi connectivity index (χ4v) is 3.03. The van der Waals surface area contributed by atoms with Crippen LogP contribution in [0.25, 0.3) is 5.57 Å². The van der Waals surface area contributed by atoms with Gasteiger partial charge in [-0.05, 0) is 35.9 Å². The number of methoxy groups -OCH3 is 1. The number of ether oxygens (including phenoxy) is 1. The van der Waals surface area contributed by atoms with Crippen molar-refractivity contribution in [3.8, 4) is 5.75 Å². The summed E-state index contributed by atoms with van der Waals surface area (Å²) < 4.78 is 5.30. The highest BCUT2D eigenvalue weighted by molar-refractivity contribution is 6.36. The Kier molecular flexibility index (Phi) is 5.37. The van der Waals surface area contributed by atoms with Gasteiger partial charge in [0.1, 0.15) is 11.4 Å². The van der Waals surface area contributed by atoms with Crippen LogP contribution in [0.4, 0.5) is 11.4 Å². The second-order valence-corrected chi connectivity index (χ2v) is 6.58. The van der Waals surface area contributed by atoms with E-state index in [1.54, 1.807) is 42.5 Å². The Morgan fingerprint density at radius 1 is 1.07 bits per heavy atom. The highest BCUT2D eigenvalue weighted by atomic mass is 35.5. The molecule has 0 saturated carbocycles.